The van der Waals surface area contributed by atoms with E-state index < -0.39 is 23.3 Å². The molecule has 1 unspecified atom stereocenters. The molecule has 3 aromatic carbocycles. The minimum Gasteiger partial charge on any atom is -0.755 e. The molecule has 1 N–H and O–H groups in total. The summed E-state index contributed by atoms with van der Waals surface area (Å²) in [6, 6.07) is 26.6. The highest BCUT2D eigenvalue weighted by atomic mass is 32.2. The zero-order valence-corrected chi connectivity index (χ0v) is 24.2. The van der Waals surface area contributed by atoms with Gasteiger partial charge >= 0.3 is 5.97 Å². The molecule has 9 heteroatoms. The Balaban J connectivity index is 1.69. The summed E-state index contributed by atoms with van der Waals surface area (Å²) in [5.74, 6) is -0.408. The van der Waals surface area contributed by atoms with Crippen molar-refractivity contribution in [2.75, 3.05) is 11.8 Å². The molecular formula is C31H31N2O5S2-. The number of ether oxygens (including phenoxy) is 1. The van der Waals surface area contributed by atoms with Crippen LogP contribution in [0, 0.1) is 5.92 Å². The Labute approximate surface area is 241 Å². The Kier molecular flexibility index (Phi) is 9.87. The number of methoxy groups -OCH3 is 1. The Morgan fingerprint density at radius 3 is 2.17 bits per heavy atom. The summed E-state index contributed by atoms with van der Waals surface area (Å²) in [6.07, 6.45) is 0.841. The van der Waals surface area contributed by atoms with Crippen LogP contribution in [0.25, 0.3) is 11.1 Å². The maximum Gasteiger partial charge on any atom is 0.333 e. The summed E-state index contributed by atoms with van der Waals surface area (Å²) >= 11 is -1.02. The van der Waals surface area contributed by atoms with Gasteiger partial charge in [-0.3, -0.25) is 9.00 Å². The number of nitrogens with zero attached hydrogens (tertiary/aromatic N) is 1. The monoisotopic (exact) mass is 575 g/mol. The van der Waals surface area contributed by atoms with Gasteiger partial charge in [0.25, 0.3) is 5.91 Å². The Morgan fingerprint density at radius 2 is 1.60 bits per heavy atom. The summed E-state index contributed by atoms with van der Waals surface area (Å²) in [4.78, 5) is 29.4. The smallest absolute Gasteiger partial charge is 0.333 e. The van der Waals surface area contributed by atoms with Gasteiger partial charge in [-0.1, -0.05) is 86.6 Å². The van der Waals surface area contributed by atoms with Crippen molar-refractivity contribution < 1.29 is 23.1 Å². The van der Waals surface area contributed by atoms with Crippen LogP contribution in [-0.2, 0) is 33.8 Å². The second-order valence-electron chi connectivity index (χ2n) is 9.72. The Hall–Kier alpha value is -3.79. The van der Waals surface area contributed by atoms with E-state index in [9.17, 15) is 18.4 Å². The molecule has 0 saturated heterocycles. The first-order chi connectivity index (χ1) is 19.3. The lowest BCUT2D eigenvalue weighted by atomic mass is 10.0. The average molecular weight is 576 g/mol. The number of hydrogen-bond donors (Lipinski definition) is 1. The van der Waals surface area contributed by atoms with Gasteiger partial charge in [0.2, 0.25) is 0 Å². The predicted molar refractivity (Wildman–Crippen MR) is 158 cm³/mol. The molecule has 0 aliphatic heterocycles. The van der Waals surface area contributed by atoms with Crippen molar-refractivity contribution in [2.24, 2.45) is 5.92 Å². The summed E-state index contributed by atoms with van der Waals surface area (Å²) in [7, 11) is 1.31. The van der Waals surface area contributed by atoms with Crippen LogP contribution in [0.1, 0.15) is 46.3 Å². The number of thiophene rings is 1. The highest BCUT2D eigenvalue weighted by Crippen LogP contribution is 2.38. The normalized spacial score (nSPS) is 12.5. The molecule has 1 heterocycles. The predicted octanol–water partition coefficient (Wildman–Crippen LogP) is 6.38. The molecule has 0 aliphatic rings. The van der Waals surface area contributed by atoms with Crippen molar-refractivity contribution in [3.63, 3.8) is 0 Å². The van der Waals surface area contributed by atoms with Gasteiger partial charge in [-0.25, -0.2) is 4.79 Å². The number of rotatable bonds is 11. The Bertz CT molecular complexity index is 1450. The zero-order chi connectivity index (χ0) is 28.6. The first-order valence-corrected chi connectivity index (χ1v) is 14.7. The molecule has 4 rings (SSSR count). The number of carbonyl (C=O) groups is 2. The summed E-state index contributed by atoms with van der Waals surface area (Å²) in [5.41, 5.74) is 3.55. The van der Waals surface area contributed by atoms with Crippen molar-refractivity contribution in [1.82, 2.24) is 4.90 Å². The second kappa shape index (κ2) is 13.5. The van der Waals surface area contributed by atoms with Crippen LogP contribution < -0.4 is 4.72 Å². The molecule has 1 aromatic heterocycles. The van der Waals surface area contributed by atoms with Crippen LogP contribution in [0.15, 0.2) is 91.0 Å². The molecule has 0 spiro atoms. The molecule has 0 radical (unpaired) electrons. The standard InChI is InChI=1S/C31H32N2O5S2/c1-21(2)18-26-19-27(29(39-26)32-40(36)37)23-16-14-22(15-17-23)20-33(30(34)25-12-8-5-9-13-25)28(31(35)38-3)24-10-6-4-7-11-24/h4-17,19,21,28,32H,18,20H2,1-3H3,(H,36,37)/p-1/t28-/m0/s1. The summed E-state index contributed by atoms with van der Waals surface area (Å²) in [5, 5.41) is 0.562. The van der Waals surface area contributed by atoms with E-state index in [0.717, 1.165) is 28.0 Å². The fourth-order valence-corrected chi connectivity index (χ4v) is 6.29. The molecule has 0 fully saturated rings. The first kappa shape index (κ1) is 29.2. The lowest BCUT2D eigenvalue weighted by molar-refractivity contribution is -0.146. The quantitative estimate of drug-likeness (QED) is 0.165. The maximum atomic E-state index is 13.8. The minimum absolute atomic E-state index is 0.153. The van der Waals surface area contributed by atoms with E-state index in [-0.39, 0.29) is 12.5 Å². The molecule has 7 nitrogen and oxygen atoms in total. The lowest BCUT2D eigenvalue weighted by Crippen LogP contribution is -2.39. The maximum absolute atomic E-state index is 13.8. The lowest BCUT2D eigenvalue weighted by Gasteiger charge is -2.30. The van der Waals surface area contributed by atoms with E-state index in [1.54, 1.807) is 36.4 Å². The number of carbonyl (C=O) groups excluding carboxylic acids is 2. The molecule has 0 saturated carbocycles. The fraction of sp³-hybridized carbons (Fsp3) is 0.226. The van der Waals surface area contributed by atoms with Crippen molar-refractivity contribution >= 4 is 39.5 Å². The van der Waals surface area contributed by atoms with Crippen LogP contribution in [0.3, 0.4) is 0 Å². The van der Waals surface area contributed by atoms with Crippen LogP contribution in [0.2, 0.25) is 0 Å². The van der Waals surface area contributed by atoms with E-state index in [0.29, 0.717) is 22.0 Å². The van der Waals surface area contributed by atoms with E-state index in [1.165, 1.54) is 23.3 Å². The third-order valence-corrected chi connectivity index (χ3v) is 7.89. The summed E-state index contributed by atoms with van der Waals surface area (Å²) in [6.45, 7) is 4.39. The van der Waals surface area contributed by atoms with E-state index in [1.807, 2.05) is 54.6 Å². The molecule has 2 atom stereocenters. The van der Waals surface area contributed by atoms with Crippen molar-refractivity contribution in [3.05, 3.63) is 113 Å². The van der Waals surface area contributed by atoms with Crippen molar-refractivity contribution in [3.8, 4) is 11.1 Å². The van der Waals surface area contributed by atoms with Gasteiger partial charge in [-0.2, -0.15) is 0 Å². The number of nitrogens with one attached hydrogen (secondary N) is 1. The second-order valence-corrected chi connectivity index (χ2v) is 11.5. The van der Waals surface area contributed by atoms with E-state index in [4.69, 9.17) is 4.74 Å². The average Bonchev–Trinajstić information content (AvgIpc) is 3.34. The van der Waals surface area contributed by atoms with Gasteiger partial charge in [0.15, 0.2) is 6.04 Å². The minimum atomic E-state index is -2.44. The largest absolute Gasteiger partial charge is 0.755 e. The van der Waals surface area contributed by atoms with Gasteiger partial charge in [0.05, 0.1) is 7.11 Å². The Morgan fingerprint density at radius 1 is 0.975 bits per heavy atom. The van der Waals surface area contributed by atoms with Crippen LogP contribution in [0.4, 0.5) is 5.00 Å². The topological polar surface area (TPSA) is 98.8 Å². The molecule has 1 amide bonds. The van der Waals surface area contributed by atoms with Crippen molar-refractivity contribution in [1.29, 1.82) is 0 Å². The first-order valence-electron chi connectivity index (χ1n) is 12.8. The van der Waals surface area contributed by atoms with Crippen LogP contribution in [-0.4, -0.2) is 32.6 Å². The number of esters is 1. The molecule has 0 bridgehead atoms. The number of amides is 1. The zero-order valence-electron chi connectivity index (χ0n) is 22.5. The van der Waals surface area contributed by atoms with Gasteiger partial charge < -0.3 is 18.9 Å². The highest BCUT2D eigenvalue weighted by Gasteiger charge is 2.33. The fourth-order valence-electron chi connectivity index (χ4n) is 4.51. The third-order valence-electron chi connectivity index (χ3n) is 6.32. The van der Waals surface area contributed by atoms with E-state index >= 15 is 0 Å². The number of anilines is 1. The highest BCUT2D eigenvalue weighted by molar-refractivity contribution is 7.80. The van der Waals surface area contributed by atoms with Crippen LogP contribution >= 0.6 is 11.3 Å². The summed E-state index contributed by atoms with van der Waals surface area (Å²) < 4.78 is 30.5. The van der Waals surface area contributed by atoms with Gasteiger partial charge in [-0.05, 0) is 47.2 Å². The molecule has 40 heavy (non-hydrogen) atoms. The SMILES string of the molecule is COC(=O)[C@H](c1ccccc1)N(Cc1ccc(-c2cc(CC(C)C)sc2NS(=O)[O-])cc1)C(=O)c1ccccc1. The number of benzene rings is 3. The van der Waals surface area contributed by atoms with Gasteiger partial charge in [0, 0.05) is 33.8 Å². The van der Waals surface area contributed by atoms with Gasteiger partial charge in [0.1, 0.15) is 5.00 Å². The molecule has 0 aliphatic carbocycles. The van der Waals surface area contributed by atoms with E-state index in [2.05, 4.69) is 18.6 Å². The molecular weight excluding hydrogens is 544 g/mol. The van der Waals surface area contributed by atoms with Crippen LogP contribution in [0.5, 0.6) is 0 Å². The molecule has 208 valence electrons. The number of hydrogen-bond acceptors (Lipinski definition) is 6. The molecule has 4 aromatic rings. The van der Waals surface area contributed by atoms with Gasteiger partial charge in [-0.15, -0.1) is 11.3 Å². The van der Waals surface area contributed by atoms with Crippen molar-refractivity contribution in [2.45, 2.75) is 32.9 Å². The third kappa shape index (κ3) is 7.24.